The number of rotatable bonds is 3. The number of aryl methyl sites for hydroxylation is 2. The quantitative estimate of drug-likeness (QED) is 0.675. The monoisotopic (exact) mass is 259 g/mol. The Morgan fingerprint density at radius 1 is 1.32 bits per heavy atom. The molecule has 1 heterocycles. The van der Waals surface area contributed by atoms with Crippen LogP contribution in [0.25, 0.3) is 0 Å². The molecule has 0 spiro atoms. The normalized spacial score (nSPS) is 10.2. The third kappa shape index (κ3) is 2.62. The average Bonchev–Trinajstić information content (AvgIpc) is 2.34. The van der Waals surface area contributed by atoms with Crippen LogP contribution in [0, 0.1) is 24.0 Å². The number of nitrogens with two attached hydrogens (primary N) is 1. The van der Waals surface area contributed by atoms with Crippen LogP contribution in [0.4, 0.5) is 11.4 Å². The molecule has 19 heavy (non-hydrogen) atoms. The van der Waals surface area contributed by atoms with Gasteiger partial charge < -0.3 is 10.5 Å². The Morgan fingerprint density at radius 3 is 2.68 bits per heavy atom. The molecular weight excluding hydrogens is 246 g/mol. The molecule has 0 aliphatic heterocycles. The van der Waals surface area contributed by atoms with E-state index >= 15 is 0 Å². The van der Waals surface area contributed by atoms with Crippen LogP contribution in [0.2, 0.25) is 0 Å². The predicted octanol–water partition coefficient (Wildman–Crippen LogP) is 2.98. The minimum atomic E-state index is -0.441. The number of nitrogens with zero attached hydrogens (tertiary/aromatic N) is 2. The Morgan fingerprint density at radius 2 is 2.05 bits per heavy atom. The molecule has 0 atom stereocenters. The molecule has 2 aromatic rings. The van der Waals surface area contributed by atoms with Gasteiger partial charge in [-0.05, 0) is 37.6 Å². The third-order valence-electron chi connectivity index (χ3n) is 2.70. The fourth-order valence-corrected chi connectivity index (χ4v) is 1.72. The number of anilines is 1. The smallest absolute Gasteiger partial charge is 0.276 e. The van der Waals surface area contributed by atoms with Gasteiger partial charge in [-0.1, -0.05) is 0 Å². The summed E-state index contributed by atoms with van der Waals surface area (Å²) in [5.41, 5.74) is 7.49. The zero-order chi connectivity index (χ0) is 14.0. The summed E-state index contributed by atoms with van der Waals surface area (Å²) >= 11 is 0. The van der Waals surface area contributed by atoms with Gasteiger partial charge in [-0.15, -0.1) is 0 Å². The number of nitro groups is 1. The van der Waals surface area contributed by atoms with Crippen LogP contribution >= 0.6 is 0 Å². The number of ether oxygens (including phenoxy) is 1. The average molecular weight is 259 g/mol. The van der Waals surface area contributed by atoms with Crippen molar-refractivity contribution in [2.45, 2.75) is 13.8 Å². The molecule has 2 N–H and O–H groups in total. The number of hydrogen-bond acceptors (Lipinski definition) is 5. The molecule has 0 radical (unpaired) electrons. The minimum absolute atomic E-state index is 0.00935. The zero-order valence-corrected chi connectivity index (χ0v) is 10.6. The van der Waals surface area contributed by atoms with E-state index in [2.05, 4.69) is 4.98 Å². The van der Waals surface area contributed by atoms with E-state index in [1.807, 2.05) is 6.92 Å². The van der Waals surface area contributed by atoms with Crippen LogP contribution in [0.3, 0.4) is 0 Å². The van der Waals surface area contributed by atoms with Crippen molar-refractivity contribution in [2.24, 2.45) is 0 Å². The molecule has 2 rings (SSSR count). The third-order valence-corrected chi connectivity index (χ3v) is 2.70. The summed E-state index contributed by atoms with van der Waals surface area (Å²) in [5.74, 6) is 0.617. The molecule has 0 amide bonds. The first-order chi connectivity index (χ1) is 8.99. The number of benzene rings is 1. The Labute approximate surface area is 110 Å². The Kier molecular flexibility index (Phi) is 3.33. The van der Waals surface area contributed by atoms with Gasteiger partial charge >= 0.3 is 0 Å². The zero-order valence-electron chi connectivity index (χ0n) is 10.6. The van der Waals surface area contributed by atoms with Gasteiger partial charge in [-0.2, -0.15) is 0 Å². The van der Waals surface area contributed by atoms with Gasteiger partial charge in [0.25, 0.3) is 5.69 Å². The first kappa shape index (κ1) is 12.8. The van der Waals surface area contributed by atoms with Crippen molar-refractivity contribution >= 4 is 11.4 Å². The molecule has 0 bridgehead atoms. The largest absolute Gasteiger partial charge is 0.437 e. The predicted molar refractivity (Wildman–Crippen MR) is 71.3 cm³/mol. The summed E-state index contributed by atoms with van der Waals surface area (Å²) in [6.45, 7) is 3.50. The molecule has 0 saturated carbocycles. The van der Waals surface area contributed by atoms with E-state index in [0.29, 0.717) is 17.0 Å². The van der Waals surface area contributed by atoms with Crippen molar-refractivity contribution < 1.29 is 9.66 Å². The SMILES string of the molecule is Cc1cc(C)c([N+](=O)[O-])cc1Oc1ncccc1N. The van der Waals surface area contributed by atoms with Crippen molar-refractivity contribution in [1.82, 2.24) is 4.98 Å². The molecule has 1 aromatic carbocycles. The second-order valence-electron chi connectivity index (χ2n) is 4.16. The molecule has 6 nitrogen and oxygen atoms in total. The molecule has 6 heteroatoms. The van der Waals surface area contributed by atoms with Gasteiger partial charge in [0.2, 0.25) is 5.88 Å². The van der Waals surface area contributed by atoms with E-state index in [1.54, 1.807) is 31.3 Å². The first-order valence-corrected chi connectivity index (χ1v) is 5.63. The molecule has 0 saturated heterocycles. The van der Waals surface area contributed by atoms with Gasteiger partial charge in [0.1, 0.15) is 5.75 Å². The lowest BCUT2D eigenvalue weighted by Crippen LogP contribution is -1.98. The molecule has 0 aliphatic carbocycles. The fourth-order valence-electron chi connectivity index (χ4n) is 1.72. The Bertz CT molecular complexity index is 641. The summed E-state index contributed by atoms with van der Waals surface area (Å²) in [6, 6.07) is 6.43. The van der Waals surface area contributed by atoms with Gasteiger partial charge in [0, 0.05) is 11.8 Å². The van der Waals surface area contributed by atoms with E-state index < -0.39 is 4.92 Å². The lowest BCUT2D eigenvalue weighted by molar-refractivity contribution is -0.385. The molecule has 1 aromatic heterocycles. The van der Waals surface area contributed by atoms with Gasteiger partial charge in [-0.3, -0.25) is 10.1 Å². The summed E-state index contributed by atoms with van der Waals surface area (Å²) in [4.78, 5) is 14.5. The maximum absolute atomic E-state index is 10.9. The topological polar surface area (TPSA) is 91.3 Å². The first-order valence-electron chi connectivity index (χ1n) is 5.63. The summed E-state index contributed by atoms with van der Waals surface area (Å²) < 4.78 is 5.55. The van der Waals surface area contributed by atoms with Gasteiger partial charge in [0.05, 0.1) is 16.7 Å². The Hall–Kier alpha value is -2.63. The van der Waals surface area contributed by atoms with Crippen molar-refractivity contribution in [2.75, 3.05) is 5.73 Å². The number of hydrogen-bond donors (Lipinski definition) is 1. The minimum Gasteiger partial charge on any atom is -0.437 e. The van der Waals surface area contributed by atoms with Crippen molar-refractivity contribution in [3.8, 4) is 11.6 Å². The molecule has 98 valence electrons. The van der Waals surface area contributed by atoms with E-state index in [9.17, 15) is 10.1 Å². The van der Waals surface area contributed by atoms with E-state index in [0.717, 1.165) is 5.56 Å². The highest BCUT2D eigenvalue weighted by atomic mass is 16.6. The van der Waals surface area contributed by atoms with Crippen LogP contribution < -0.4 is 10.5 Å². The highest BCUT2D eigenvalue weighted by molar-refractivity contribution is 5.53. The van der Waals surface area contributed by atoms with Crippen LogP contribution in [0.5, 0.6) is 11.6 Å². The number of pyridine rings is 1. The van der Waals surface area contributed by atoms with Crippen molar-refractivity contribution in [3.63, 3.8) is 0 Å². The standard InChI is InChI=1S/C13H13N3O3/c1-8-6-9(2)12(7-11(8)16(17)18)19-13-10(14)4-3-5-15-13/h3-7H,14H2,1-2H3. The van der Waals surface area contributed by atoms with E-state index in [-0.39, 0.29) is 11.6 Å². The summed E-state index contributed by atoms with van der Waals surface area (Å²) in [7, 11) is 0. The molecule has 0 fully saturated rings. The Balaban J connectivity index is 2.43. The number of nitro benzene ring substituents is 1. The van der Waals surface area contributed by atoms with E-state index in [1.165, 1.54) is 6.07 Å². The van der Waals surface area contributed by atoms with Crippen molar-refractivity contribution in [1.29, 1.82) is 0 Å². The lowest BCUT2D eigenvalue weighted by Gasteiger charge is -2.10. The summed E-state index contributed by atoms with van der Waals surface area (Å²) in [5, 5.41) is 10.9. The second kappa shape index (κ2) is 4.93. The highest BCUT2D eigenvalue weighted by Gasteiger charge is 2.15. The van der Waals surface area contributed by atoms with Crippen LogP contribution in [-0.4, -0.2) is 9.91 Å². The number of aromatic nitrogens is 1. The summed E-state index contributed by atoms with van der Waals surface area (Å²) in [6.07, 6.45) is 1.55. The van der Waals surface area contributed by atoms with E-state index in [4.69, 9.17) is 10.5 Å². The maximum atomic E-state index is 10.9. The molecular formula is C13H13N3O3. The fraction of sp³-hybridized carbons (Fsp3) is 0.154. The maximum Gasteiger partial charge on any atom is 0.276 e. The highest BCUT2D eigenvalue weighted by Crippen LogP contribution is 2.32. The second-order valence-corrected chi connectivity index (χ2v) is 4.16. The van der Waals surface area contributed by atoms with Crippen LogP contribution in [-0.2, 0) is 0 Å². The molecule has 0 unspecified atom stereocenters. The van der Waals surface area contributed by atoms with Gasteiger partial charge in [-0.25, -0.2) is 4.98 Å². The lowest BCUT2D eigenvalue weighted by atomic mass is 10.1. The van der Waals surface area contributed by atoms with Gasteiger partial charge in [0.15, 0.2) is 0 Å². The van der Waals surface area contributed by atoms with Crippen LogP contribution in [0.1, 0.15) is 11.1 Å². The molecule has 0 aliphatic rings. The number of nitrogen functional groups attached to an aromatic ring is 1. The van der Waals surface area contributed by atoms with Crippen LogP contribution in [0.15, 0.2) is 30.5 Å². The van der Waals surface area contributed by atoms with Crippen molar-refractivity contribution in [3.05, 3.63) is 51.7 Å².